The van der Waals surface area contributed by atoms with Crippen LogP contribution in [0.5, 0.6) is 5.88 Å². The van der Waals surface area contributed by atoms with Crippen molar-refractivity contribution < 1.29 is 26.3 Å². The second-order valence-electron chi connectivity index (χ2n) is 5.13. The van der Waals surface area contributed by atoms with Crippen molar-refractivity contribution in [3.63, 3.8) is 0 Å². The predicted octanol–water partition coefficient (Wildman–Crippen LogP) is 2.24. The highest BCUT2D eigenvalue weighted by Crippen LogP contribution is 2.18. The Hall–Kier alpha value is -1.10. The topological polar surface area (TPSA) is 94.3 Å². The molecular weight excluding hydrogens is 371 g/mol. The Morgan fingerprint density at radius 3 is 2.25 bits per heavy atom. The van der Waals surface area contributed by atoms with Gasteiger partial charge in [-0.1, -0.05) is 13.8 Å². The molecule has 140 valence electrons. The van der Waals surface area contributed by atoms with Crippen LogP contribution >= 0.6 is 12.4 Å². The number of rotatable bonds is 8. The average Bonchev–Trinajstić information content (AvgIpc) is 2.50. The third-order valence-corrected chi connectivity index (χ3v) is 4.81. The van der Waals surface area contributed by atoms with Gasteiger partial charge in [-0.15, -0.1) is 12.4 Å². The van der Waals surface area contributed by atoms with Crippen molar-refractivity contribution in [2.45, 2.75) is 43.3 Å². The van der Waals surface area contributed by atoms with Crippen molar-refractivity contribution in [2.24, 2.45) is 5.73 Å². The minimum absolute atomic E-state index is 0. The lowest BCUT2D eigenvalue weighted by Gasteiger charge is -2.26. The molecular formula is C13H21ClF3N3O3S. The molecule has 0 aliphatic carbocycles. The van der Waals surface area contributed by atoms with E-state index in [1.54, 1.807) is 0 Å². The van der Waals surface area contributed by atoms with E-state index in [1.807, 2.05) is 13.8 Å². The van der Waals surface area contributed by atoms with Crippen molar-refractivity contribution in [1.29, 1.82) is 0 Å². The van der Waals surface area contributed by atoms with E-state index in [0.717, 1.165) is 18.3 Å². The molecule has 1 rings (SSSR count). The first-order chi connectivity index (χ1) is 10.5. The van der Waals surface area contributed by atoms with Crippen LogP contribution in [-0.4, -0.2) is 38.3 Å². The van der Waals surface area contributed by atoms with Gasteiger partial charge in [-0.05, 0) is 18.9 Å². The number of hydrogen-bond donors (Lipinski definition) is 2. The summed E-state index contributed by atoms with van der Waals surface area (Å²) in [6.07, 6.45) is -2.37. The summed E-state index contributed by atoms with van der Waals surface area (Å²) < 4.78 is 67.1. The van der Waals surface area contributed by atoms with Crippen molar-refractivity contribution in [2.75, 3.05) is 13.2 Å². The highest BCUT2D eigenvalue weighted by atomic mass is 35.5. The SMILES string of the molecule is CCC(N)(CC)CNS(=O)(=O)c1ccc(OCC(F)(F)F)nc1.Cl. The molecule has 0 aliphatic heterocycles. The molecule has 0 saturated heterocycles. The third-order valence-electron chi connectivity index (χ3n) is 3.43. The second-order valence-corrected chi connectivity index (χ2v) is 6.90. The van der Waals surface area contributed by atoms with Gasteiger partial charge in [0, 0.05) is 18.2 Å². The van der Waals surface area contributed by atoms with E-state index in [-0.39, 0.29) is 29.7 Å². The van der Waals surface area contributed by atoms with Gasteiger partial charge in [0.2, 0.25) is 15.9 Å². The molecule has 1 heterocycles. The molecule has 0 atom stereocenters. The molecule has 0 unspecified atom stereocenters. The number of alkyl halides is 3. The molecule has 1 aromatic rings. The molecule has 0 saturated carbocycles. The number of sulfonamides is 1. The number of aromatic nitrogens is 1. The lowest BCUT2D eigenvalue weighted by molar-refractivity contribution is -0.154. The van der Waals surface area contributed by atoms with Gasteiger partial charge in [-0.2, -0.15) is 13.2 Å². The first kappa shape index (κ1) is 22.9. The summed E-state index contributed by atoms with van der Waals surface area (Å²) in [5.41, 5.74) is 5.36. The highest BCUT2D eigenvalue weighted by molar-refractivity contribution is 7.89. The number of nitrogens with one attached hydrogen (secondary N) is 1. The van der Waals surface area contributed by atoms with E-state index in [0.29, 0.717) is 12.8 Å². The van der Waals surface area contributed by atoms with E-state index < -0.39 is 28.3 Å². The summed E-state index contributed by atoms with van der Waals surface area (Å²) in [5, 5.41) is 0. The highest BCUT2D eigenvalue weighted by Gasteiger charge is 2.29. The first-order valence-electron chi connectivity index (χ1n) is 6.95. The van der Waals surface area contributed by atoms with Gasteiger partial charge in [0.05, 0.1) is 6.20 Å². The molecule has 0 radical (unpaired) electrons. The Balaban J connectivity index is 0.00000529. The zero-order valence-corrected chi connectivity index (χ0v) is 14.9. The Kier molecular flexibility index (Phi) is 8.43. The fraction of sp³-hybridized carbons (Fsp3) is 0.615. The van der Waals surface area contributed by atoms with Crippen LogP contribution in [0, 0.1) is 0 Å². The molecule has 0 aliphatic rings. The van der Waals surface area contributed by atoms with Gasteiger partial charge in [0.15, 0.2) is 6.61 Å². The van der Waals surface area contributed by atoms with Gasteiger partial charge in [-0.3, -0.25) is 0 Å². The molecule has 1 aromatic heterocycles. The lowest BCUT2D eigenvalue weighted by atomic mass is 9.95. The average molecular weight is 392 g/mol. The third kappa shape index (κ3) is 7.20. The Morgan fingerprint density at radius 1 is 1.25 bits per heavy atom. The second kappa shape index (κ2) is 8.84. The van der Waals surface area contributed by atoms with Crippen LogP contribution in [0.2, 0.25) is 0 Å². The Bertz CT molecular complexity index is 605. The maximum Gasteiger partial charge on any atom is 0.422 e. The van der Waals surface area contributed by atoms with Gasteiger partial charge in [0.25, 0.3) is 0 Å². The van der Waals surface area contributed by atoms with E-state index >= 15 is 0 Å². The summed E-state index contributed by atoms with van der Waals surface area (Å²) >= 11 is 0. The van der Waals surface area contributed by atoms with Crippen molar-refractivity contribution in [3.8, 4) is 5.88 Å². The number of nitrogens with zero attached hydrogens (tertiary/aromatic N) is 1. The molecule has 0 amide bonds. The van der Waals surface area contributed by atoms with Gasteiger partial charge >= 0.3 is 6.18 Å². The summed E-state index contributed by atoms with van der Waals surface area (Å²) in [5.74, 6) is -0.309. The minimum atomic E-state index is -4.49. The maximum absolute atomic E-state index is 12.1. The number of pyridine rings is 1. The zero-order valence-electron chi connectivity index (χ0n) is 13.3. The maximum atomic E-state index is 12.1. The quantitative estimate of drug-likeness (QED) is 0.708. The summed E-state index contributed by atoms with van der Waals surface area (Å²) in [6, 6.07) is 2.19. The Labute approximate surface area is 145 Å². The summed E-state index contributed by atoms with van der Waals surface area (Å²) in [6.45, 7) is 2.26. The monoisotopic (exact) mass is 391 g/mol. The zero-order chi connectivity index (χ0) is 17.7. The minimum Gasteiger partial charge on any atom is -0.468 e. The van der Waals surface area contributed by atoms with Crippen LogP contribution in [0.4, 0.5) is 13.2 Å². The van der Waals surface area contributed by atoms with Crippen molar-refractivity contribution in [1.82, 2.24) is 9.71 Å². The molecule has 0 fully saturated rings. The molecule has 0 aromatic carbocycles. The van der Waals surface area contributed by atoms with Crippen molar-refractivity contribution in [3.05, 3.63) is 18.3 Å². The molecule has 0 bridgehead atoms. The van der Waals surface area contributed by atoms with E-state index in [2.05, 4.69) is 14.4 Å². The van der Waals surface area contributed by atoms with Crippen LogP contribution in [0.25, 0.3) is 0 Å². The molecule has 0 spiro atoms. The van der Waals surface area contributed by atoms with E-state index in [9.17, 15) is 21.6 Å². The standard InChI is InChI=1S/C13H20F3N3O3S.ClH/c1-3-12(17,4-2)8-19-23(20,21)10-5-6-11(18-7-10)22-9-13(14,15)16;/h5-7,19H,3-4,8-9,17H2,1-2H3;1H. The molecule has 24 heavy (non-hydrogen) atoms. The van der Waals surface area contributed by atoms with Gasteiger partial charge in [0.1, 0.15) is 4.90 Å². The van der Waals surface area contributed by atoms with Crippen LogP contribution in [0.15, 0.2) is 23.2 Å². The Morgan fingerprint density at radius 2 is 1.83 bits per heavy atom. The van der Waals surface area contributed by atoms with Crippen LogP contribution in [0.1, 0.15) is 26.7 Å². The fourth-order valence-corrected chi connectivity index (χ4v) is 2.67. The number of hydrogen-bond acceptors (Lipinski definition) is 5. The van der Waals surface area contributed by atoms with E-state index in [1.165, 1.54) is 0 Å². The first-order valence-corrected chi connectivity index (χ1v) is 8.44. The van der Waals surface area contributed by atoms with Crippen LogP contribution in [0.3, 0.4) is 0 Å². The molecule has 6 nitrogen and oxygen atoms in total. The van der Waals surface area contributed by atoms with Crippen LogP contribution < -0.4 is 15.2 Å². The number of nitrogens with two attached hydrogens (primary N) is 1. The largest absolute Gasteiger partial charge is 0.468 e. The van der Waals surface area contributed by atoms with Gasteiger partial charge < -0.3 is 10.5 Å². The molecule has 3 N–H and O–H groups in total. The lowest BCUT2D eigenvalue weighted by Crippen LogP contribution is -2.49. The molecule has 11 heteroatoms. The number of ether oxygens (including phenoxy) is 1. The summed E-state index contributed by atoms with van der Waals surface area (Å²) in [4.78, 5) is 3.39. The predicted molar refractivity (Wildman–Crippen MR) is 85.7 cm³/mol. The van der Waals surface area contributed by atoms with E-state index in [4.69, 9.17) is 5.73 Å². The van der Waals surface area contributed by atoms with Crippen LogP contribution in [-0.2, 0) is 10.0 Å². The van der Waals surface area contributed by atoms with Gasteiger partial charge in [-0.25, -0.2) is 18.1 Å². The van der Waals surface area contributed by atoms with Crippen molar-refractivity contribution >= 4 is 22.4 Å². The number of halogens is 4. The smallest absolute Gasteiger partial charge is 0.422 e. The fourth-order valence-electron chi connectivity index (χ4n) is 1.59. The summed E-state index contributed by atoms with van der Waals surface area (Å²) in [7, 11) is -3.84. The normalized spacial score (nSPS) is 12.6.